The number of hydrazone groups is 1. The van der Waals surface area contributed by atoms with Gasteiger partial charge in [0.15, 0.2) is 0 Å². The first-order chi connectivity index (χ1) is 18.2. The van der Waals surface area contributed by atoms with Gasteiger partial charge in [0.2, 0.25) is 0 Å². The Morgan fingerprint density at radius 2 is 1.89 bits per heavy atom. The van der Waals surface area contributed by atoms with Crippen molar-refractivity contribution in [2.24, 2.45) is 10.1 Å². The SMILES string of the molecule is C=CC(=C)/C(C)=N/N1CCNC(=C)C1C.CC.CCN=C(C)c1ccc(OCc2ccccc2Cl)c(C)c1. The highest BCUT2D eigenvalue weighted by atomic mass is 35.5. The molecule has 0 saturated carbocycles. The molecule has 0 radical (unpaired) electrons. The smallest absolute Gasteiger partial charge is 0.122 e. The standard InChI is InChI=1S/C18H20ClNO.C12H19N3.C2H6/c1-4-20-14(3)15-9-10-18(13(2)11-15)21-12-16-7-5-6-8-17(16)19;1-6-9(2)10(3)14-15-8-7-13-11(4)12(15)5;1-2/h5-11H,4,12H2,1-3H3;6,12-13H,1-2,4,7-8H2,3,5H3;1-2H3/b;14-10+;. The van der Waals surface area contributed by atoms with Crippen LogP contribution in [0.2, 0.25) is 5.02 Å². The van der Waals surface area contributed by atoms with E-state index in [0.717, 1.165) is 69.8 Å². The molecule has 0 amide bonds. The first-order valence-electron chi connectivity index (χ1n) is 13.2. The van der Waals surface area contributed by atoms with Crippen LogP contribution < -0.4 is 10.1 Å². The Kier molecular flexibility index (Phi) is 14.8. The molecule has 1 heterocycles. The molecule has 0 aromatic heterocycles. The van der Waals surface area contributed by atoms with E-state index in [2.05, 4.69) is 48.1 Å². The zero-order valence-corrected chi connectivity index (χ0v) is 25.0. The predicted octanol–water partition coefficient (Wildman–Crippen LogP) is 7.99. The van der Waals surface area contributed by atoms with Gasteiger partial charge in [-0.3, -0.25) is 10.0 Å². The van der Waals surface area contributed by atoms with Gasteiger partial charge in [-0.25, -0.2) is 0 Å². The van der Waals surface area contributed by atoms with Gasteiger partial charge in [-0.15, -0.1) is 0 Å². The van der Waals surface area contributed by atoms with E-state index in [9.17, 15) is 0 Å². The van der Waals surface area contributed by atoms with Crippen LogP contribution in [0.3, 0.4) is 0 Å². The molecule has 0 bridgehead atoms. The molecule has 1 fully saturated rings. The fourth-order valence-corrected chi connectivity index (χ4v) is 3.72. The molecular formula is C32H45ClN4O. The number of benzene rings is 2. The van der Waals surface area contributed by atoms with Crippen LogP contribution >= 0.6 is 11.6 Å². The normalized spacial score (nSPS) is 15.3. The lowest BCUT2D eigenvalue weighted by molar-refractivity contribution is 0.213. The van der Waals surface area contributed by atoms with Crippen molar-refractivity contribution >= 4 is 23.0 Å². The molecule has 5 nitrogen and oxygen atoms in total. The maximum atomic E-state index is 6.14. The van der Waals surface area contributed by atoms with Crippen LogP contribution in [0.25, 0.3) is 0 Å². The van der Waals surface area contributed by atoms with Crippen LogP contribution in [0, 0.1) is 6.92 Å². The first-order valence-corrected chi connectivity index (χ1v) is 13.6. The molecule has 1 saturated heterocycles. The van der Waals surface area contributed by atoms with Gasteiger partial charge in [-0.2, -0.15) is 5.10 Å². The van der Waals surface area contributed by atoms with Crippen molar-refractivity contribution in [2.75, 3.05) is 19.6 Å². The van der Waals surface area contributed by atoms with Gasteiger partial charge in [-0.1, -0.05) is 69.5 Å². The minimum Gasteiger partial charge on any atom is -0.489 e. The van der Waals surface area contributed by atoms with Crippen molar-refractivity contribution in [1.29, 1.82) is 0 Å². The van der Waals surface area contributed by atoms with Crippen LogP contribution in [0.4, 0.5) is 0 Å². The summed E-state index contributed by atoms with van der Waals surface area (Å²) in [6, 6.07) is 14.1. The van der Waals surface area contributed by atoms with Crippen LogP contribution in [-0.4, -0.2) is 42.1 Å². The number of halogens is 1. The lowest BCUT2D eigenvalue weighted by atomic mass is 10.1. The molecule has 2 aromatic carbocycles. The Hall–Kier alpha value is -3.31. The number of rotatable bonds is 8. The number of aliphatic imine (C=N–C) groups is 1. The van der Waals surface area contributed by atoms with Crippen molar-refractivity contribution in [3.63, 3.8) is 0 Å². The van der Waals surface area contributed by atoms with Gasteiger partial charge in [0.25, 0.3) is 0 Å². The van der Waals surface area contributed by atoms with Gasteiger partial charge in [0, 0.05) is 35.1 Å². The monoisotopic (exact) mass is 536 g/mol. The average Bonchev–Trinajstić information content (AvgIpc) is 2.92. The Labute approximate surface area is 235 Å². The summed E-state index contributed by atoms with van der Waals surface area (Å²) in [5.41, 5.74) is 7.08. The summed E-state index contributed by atoms with van der Waals surface area (Å²) in [7, 11) is 0. The number of piperazine rings is 1. The van der Waals surface area contributed by atoms with Gasteiger partial charge in [-0.05, 0) is 75.6 Å². The maximum absolute atomic E-state index is 6.14. The highest BCUT2D eigenvalue weighted by Gasteiger charge is 2.19. The Morgan fingerprint density at radius 1 is 1.21 bits per heavy atom. The molecule has 2 aromatic rings. The summed E-state index contributed by atoms with van der Waals surface area (Å²) >= 11 is 6.14. The van der Waals surface area contributed by atoms with E-state index < -0.39 is 0 Å². The van der Waals surface area contributed by atoms with E-state index in [1.165, 1.54) is 0 Å². The van der Waals surface area contributed by atoms with E-state index in [0.29, 0.717) is 6.61 Å². The fourth-order valence-electron chi connectivity index (χ4n) is 3.53. The lowest BCUT2D eigenvalue weighted by Crippen LogP contribution is -2.45. The second-order valence-electron chi connectivity index (χ2n) is 8.63. The van der Waals surface area contributed by atoms with Gasteiger partial charge >= 0.3 is 0 Å². The molecule has 1 aliphatic heterocycles. The van der Waals surface area contributed by atoms with Gasteiger partial charge in [0.05, 0.1) is 18.3 Å². The zero-order valence-electron chi connectivity index (χ0n) is 24.3. The number of nitrogens with zero attached hydrogens (tertiary/aromatic N) is 3. The number of hydrogen-bond donors (Lipinski definition) is 1. The van der Waals surface area contributed by atoms with Crippen molar-refractivity contribution in [3.8, 4) is 5.75 Å². The Morgan fingerprint density at radius 3 is 2.50 bits per heavy atom. The van der Waals surface area contributed by atoms with Crippen molar-refractivity contribution in [2.45, 2.75) is 61.1 Å². The predicted molar refractivity (Wildman–Crippen MR) is 167 cm³/mol. The minimum atomic E-state index is 0.228. The topological polar surface area (TPSA) is 49.2 Å². The Balaban J connectivity index is 0.000000375. The molecule has 0 spiro atoms. The van der Waals surface area contributed by atoms with Crippen LogP contribution in [-0.2, 0) is 6.61 Å². The summed E-state index contributed by atoms with van der Waals surface area (Å²) in [4.78, 5) is 4.43. The van der Waals surface area contributed by atoms with Gasteiger partial charge in [0.1, 0.15) is 12.4 Å². The van der Waals surface area contributed by atoms with E-state index in [1.54, 1.807) is 6.08 Å². The molecule has 3 rings (SSSR count). The summed E-state index contributed by atoms with van der Waals surface area (Å²) in [6.45, 7) is 28.7. The molecule has 6 heteroatoms. The highest BCUT2D eigenvalue weighted by Crippen LogP contribution is 2.23. The number of aryl methyl sites for hydroxylation is 1. The van der Waals surface area contributed by atoms with Crippen molar-refractivity contribution < 1.29 is 4.74 Å². The summed E-state index contributed by atoms with van der Waals surface area (Å²) in [5, 5.41) is 10.5. The third kappa shape index (κ3) is 10.2. The number of hydrogen-bond acceptors (Lipinski definition) is 5. The zero-order chi connectivity index (χ0) is 28.7. The van der Waals surface area contributed by atoms with Crippen molar-refractivity contribution in [3.05, 3.63) is 101 Å². The number of allylic oxidation sites excluding steroid dienone is 2. The largest absolute Gasteiger partial charge is 0.489 e. The molecule has 1 unspecified atom stereocenters. The van der Waals surface area contributed by atoms with E-state index in [1.807, 2.05) is 82.9 Å². The van der Waals surface area contributed by atoms with Crippen LogP contribution in [0.5, 0.6) is 5.75 Å². The summed E-state index contributed by atoms with van der Waals surface area (Å²) in [6.07, 6.45) is 1.72. The minimum absolute atomic E-state index is 0.228. The quantitative estimate of drug-likeness (QED) is 0.274. The molecule has 38 heavy (non-hydrogen) atoms. The van der Waals surface area contributed by atoms with Gasteiger partial charge < -0.3 is 10.1 Å². The number of nitrogens with one attached hydrogen (secondary N) is 1. The molecule has 1 aliphatic rings. The van der Waals surface area contributed by atoms with Crippen molar-refractivity contribution in [1.82, 2.24) is 10.3 Å². The molecule has 206 valence electrons. The highest BCUT2D eigenvalue weighted by molar-refractivity contribution is 6.31. The Bertz CT molecular complexity index is 1140. The van der Waals surface area contributed by atoms with Crippen LogP contribution in [0.15, 0.2) is 89.6 Å². The average molecular weight is 537 g/mol. The number of ether oxygens (including phenoxy) is 1. The molecule has 1 atom stereocenters. The van der Waals surface area contributed by atoms with E-state index >= 15 is 0 Å². The lowest BCUT2D eigenvalue weighted by Gasteiger charge is -2.34. The molecule has 1 N–H and O–H groups in total. The summed E-state index contributed by atoms with van der Waals surface area (Å²) in [5.74, 6) is 0.878. The maximum Gasteiger partial charge on any atom is 0.122 e. The van der Waals surface area contributed by atoms with Crippen LogP contribution in [0.1, 0.15) is 58.2 Å². The molecule has 0 aliphatic carbocycles. The van der Waals surface area contributed by atoms with E-state index in [4.69, 9.17) is 16.3 Å². The fraction of sp³-hybridized carbons (Fsp3) is 0.375. The second-order valence-corrected chi connectivity index (χ2v) is 9.03. The summed E-state index contributed by atoms with van der Waals surface area (Å²) < 4.78 is 5.87. The molecular weight excluding hydrogens is 492 g/mol. The second kappa shape index (κ2) is 17.2. The third-order valence-corrected chi connectivity index (χ3v) is 6.33. The van der Waals surface area contributed by atoms with E-state index in [-0.39, 0.29) is 6.04 Å². The first kappa shape index (κ1) is 32.7. The third-order valence-electron chi connectivity index (χ3n) is 5.96.